The number of halogens is 1. The van der Waals surface area contributed by atoms with Gasteiger partial charge in [-0.1, -0.05) is 11.6 Å². The minimum atomic E-state index is -5.22. The number of phenols is 2. The van der Waals surface area contributed by atoms with Crippen molar-refractivity contribution in [1.82, 2.24) is 0 Å². The highest BCUT2D eigenvalue weighted by Gasteiger charge is 2.28. The number of rotatable bonds is 11. The molecule has 0 saturated heterocycles. The van der Waals surface area contributed by atoms with Gasteiger partial charge in [0.25, 0.3) is 30.4 Å². The van der Waals surface area contributed by atoms with E-state index in [9.17, 15) is 49.1 Å². The van der Waals surface area contributed by atoms with Crippen molar-refractivity contribution in [1.29, 1.82) is 0 Å². The van der Waals surface area contributed by atoms with Crippen LogP contribution in [0.1, 0.15) is 0 Å². The first-order valence-electron chi connectivity index (χ1n) is 15.8. The molecule has 0 heterocycles. The van der Waals surface area contributed by atoms with Crippen molar-refractivity contribution in [3.63, 3.8) is 0 Å². The van der Waals surface area contributed by atoms with E-state index < -0.39 is 78.6 Å². The van der Waals surface area contributed by atoms with Crippen LogP contribution in [0, 0.1) is 0 Å². The number of anilines is 4. The fraction of sp³-hybridized carbons (Fsp3) is 0. The van der Waals surface area contributed by atoms with E-state index in [4.69, 9.17) is 23.1 Å². The molecule has 0 saturated carbocycles. The van der Waals surface area contributed by atoms with Gasteiger partial charge in [-0.25, -0.2) is 0 Å². The maximum absolute atomic E-state index is 12.5. The van der Waals surface area contributed by atoms with E-state index in [2.05, 4.69) is 36.0 Å². The lowest BCUT2D eigenvalue weighted by Gasteiger charge is -2.14. The second-order valence-corrected chi connectivity index (χ2v) is 16.5. The smallest absolute Gasteiger partial charge is 0.296 e. The number of benzene rings is 6. The number of nitrogens with two attached hydrogens (primary N) is 2. The van der Waals surface area contributed by atoms with E-state index in [0.29, 0.717) is 28.2 Å². The summed E-state index contributed by atoms with van der Waals surface area (Å²) in [6, 6.07) is 20.7. The number of nitrogens with zero attached hydrogens (tertiary/aromatic N) is 6. The van der Waals surface area contributed by atoms with Crippen LogP contribution in [0.15, 0.2) is 142 Å². The largest absolute Gasteiger partial charge is 0.508 e. The Balaban J connectivity index is 1.37. The number of azo groups is 3. The summed E-state index contributed by atoms with van der Waals surface area (Å²) in [6.45, 7) is 0. The van der Waals surface area contributed by atoms with Gasteiger partial charge < -0.3 is 27.0 Å². The summed E-state index contributed by atoms with van der Waals surface area (Å²) in [5.41, 5.74) is 10.8. The number of hydrogen-bond donors (Lipinski definition) is 8. The molecule has 298 valence electrons. The molecular weight excluding hydrogens is 842 g/mol. The molecular formula is C34H26ClN9O11S3. The van der Waals surface area contributed by atoms with Crippen molar-refractivity contribution in [2.45, 2.75) is 14.7 Å². The Morgan fingerprint density at radius 2 is 1.07 bits per heavy atom. The molecule has 0 aliphatic heterocycles. The molecule has 6 aromatic rings. The van der Waals surface area contributed by atoms with E-state index in [0.717, 1.165) is 12.1 Å². The van der Waals surface area contributed by atoms with E-state index in [1.807, 2.05) is 0 Å². The monoisotopic (exact) mass is 867 g/mol. The van der Waals surface area contributed by atoms with E-state index in [1.165, 1.54) is 78.9 Å². The van der Waals surface area contributed by atoms with Crippen LogP contribution in [0.5, 0.6) is 11.5 Å². The molecule has 10 N–H and O–H groups in total. The minimum Gasteiger partial charge on any atom is -0.508 e. The molecule has 0 aliphatic carbocycles. The van der Waals surface area contributed by atoms with Crippen molar-refractivity contribution in [3.8, 4) is 11.5 Å². The zero-order chi connectivity index (χ0) is 42.2. The molecule has 0 aromatic heterocycles. The molecule has 6 aromatic carbocycles. The van der Waals surface area contributed by atoms with Crippen LogP contribution in [0.4, 0.5) is 56.9 Å². The second kappa shape index (κ2) is 15.7. The van der Waals surface area contributed by atoms with E-state index in [1.54, 1.807) is 0 Å². The molecule has 0 amide bonds. The van der Waals surface area contributed by atoms with Gasteiger partial charge in [0.2, 0.25) is 0 Å². The summed E-state index contributed by atoms with van der Waals surface area (Å²) in [5.74, 6) is -1.04. The standard InChI is InChI=1S/C34H26ClN9O11S3/c35-18-1-3-20(4-2-18)40-44-33-29(58(53,54)55)14-17-13-28(57(50,51)52)32(31(37)30(17)34(33)46)43-41-22-9-11-26(27(15-22)56(47,48)49)38-19-5-7-21(8-6-19)39-42-25-12-10-23(45)16-24(25)36/h1-16,38,45-46H,36-37H2,(H,47,48,49)(H,50,51,52)(H,53,54,55)/b42-39+,43-41+,44-40+. The highest BCUT2D eigenvalue weighted by atomic mass is 35.5. The predicted octanol–water partition coefficient (Wildman–Crippen LogP) is 8.80. The van der Waals surface area contributed by atoms with Crippen LogP contribution < -0.4 is 16.8 Å². The predicted molar refractivity (Wildman–Crippen MR) is 212 cm³/mol. The zero-order valence-electron chi connectivity index (χ0n) is 28.9. The Hall–Kier alpha value is -6.60. The number of fused-ring (bicyclic) bond motifs is 1. The van der Waals surface area contributed by atoms with Gasteiger partial charge in [-0.05, 0) is 96.4 Å². The van der Waals surface area contributed by atoms with Crippen LogP contribution in [0.3, 0.4) is 0 Å². The fourth-order valence-corrected chi connectivity index (χ4v) is 7.35. The van der Waals surface area contributed by atoms with Crippen LogP contribution in [0.25, 0.3) is 10.8 Å². The van der Waals surface area contributed by atoms with Crippen molar-refractivity contribution >= 4 is 110 Å². The van der Waals surface area contributed by atoms with Crippen molar-refractivity contribution in [3.05, 3.63) is 102 Å². The highest BCUT2D eigenvalue weighted by molar-refractivity contribution is 7.86. The Kier molecular flexibility index (Phi) is 11.1. The third-order valence-electron chi connectivity index (χ3n) is 7.90. The molecule has 0 spiro atoms. The maximum atomic E-state index is 12.5. The Bertz CT molecular complexity index is 3060. The summed E-state index contributed by atoms with van der Waals surface area (Å²) in [7, 11) is -15.3. The molecule has 0 aliphatic rings. The lowest BCUT2D eigenvalue weighted by Crippen LogP contribution is -2.04. The highest BCUT2D eigenvalue weighted by Crippen LogP contribution is 2.48. The van der Waals surface area contributed by atoms with Gasteiger partial charge in [-0.3, -0.25) is 13.7 Å². The van der Waals surface area contributed by atoms with Crippen LogP contribution in [-0.4, -0.2) is 49.1 Å². The van der Waals surface area contributed by atoms with Crippen molar-refractivity contribution in [2.24, 2.45) is 30.7 Å². The Labute approximate surface area is 333 Å². The average molecular weight is 868 g/mol. The second-order valence-electron chi connectivity index (χ2n) is 11.9. The van der Waals surface area contributed by atoms with Crippen molar-refractivity contribution in [2.75, 3.05) is 16.8 Å². The summed E-state index contributed by atoms with van der Waals surface area (Å²) in [6.07, 6.45) is 0. The number of aromatic hydroxyl groups is 2. The summed E-state index contributed by atoms with van der Waals surface area (Å²) in [5, 5.41) is 46.5. The van der Waals surface area contributed by atoms with E-state index >= 15 is 0 Å². The zero-order valence-corrected chi connectivity index (χ0v) is 32.1. The quantitative estimate of drug-likeness (QED) is 0.0343. The van der Waals surface area contributed by atoms with Crippen molar-refractivity contribution < 1.29 is 49.1 Å². The normalized spacial score (nSPS) is 12.6. The first-order chi connectivity index (χ1) is 27.2. The van der Waals surface area contributed by atoms with E-state index in [-0.39, 0.29) is 28.5 Å². The van der Waals surface area contributed by atoms with Gasteiger partial charge in [0.1, 0.15) is 37.5 Å². The molecule has 6 rings (SSSR count). The van der Waals surface area contributed by atoms with Gasteiger partial charge in [0, 0.05) is 16.8 Å². The molecule has 58 heavy (non-hydrogen) atoms. The number of nitrogens with one attached hydrogen (secondary N) is 1. The van der Waals surface area contributed by atoms with Gasteiger partial charge in [0.05, 0.1) is 39.5 Å². The maximum Gasteiger partial charge on any atom is 0.296 e. The Morgan fingerprint density at radius 3 is 1.66 bits per heavy atom. The lowest BCUT2D eigenvalue weighted by molar-refractivity contribution is 0.472. The molecule has 0 unspecified atom stereocenters. The van der Waals surface area contributed by atoms with Crippen LogP contribution in [-0.2, 0) is 30.4 Å². The molecule has 0 radical (unpaired) electrons. The molecule has 0 atom stereocenters. The third-order valence-corrected chi connectivity index (χ3v) is 10.8. The first kappa shape index (κ1) is 41.0. The molecule has 0 fully saturated rings. The Morgan fingerprint density at radius 1 is 0.552 bits per heavy atom. The summed E-state index contributed by atoms with van der Waals surface area (Å²) >= 11 is 5.87. The third kappa shape index (κ3) is 9.16. The molecule has 24 heteroatoms. The first-order valence-corrected chi connectivity index (χ1v) is 20.5. The van der Waals surface area contributed by atoms with Gasteiger partial charge in [-0.15, -0.1) is 15.3 Å². The average Bonchev–Trinajstić information content (AvgIpc) is 3.14. The number of nitrogen functional groups attached to an aromatic ring is 2. The van der Waals surface area contributed by atoms with Gasteiger partial charge >= 0.3 is 0 Å². The SMILES string of the molecule is Nc1cc(O)ccc1/N=N/c1ccc(Nc2ccc(/N=N/c3c(S(=O)(=O)O)cc4cc(S(=O)(=O)O)c(/N=N/c5ccc(Cl)cc5)c(O)c4c3N)cc2S(=O)(=O)O)cc1. The minimum absolute atomic E-state index is 0.0409. The lowest BCUT2D eigenvalue weighted by atomic mass is 10.1. The molecule has 20 nitrogen and oxygen atoms in total. The van der Waals surface area contributed by atoms with Gasteiger partial charge in [0.15, 0.2) is 5.75 Å². The number of hydrogen-bond acceptors (Lipinski definition) is 17. The summed E-state index contributed by atoms with van der Waals surface area (Å²) in [4.78, 5) is -2.72. The van der Waals surface area contributed by atoms with Crippen LogP contribution in [0.2, 0.25) is 5.02 Å². The summed E-state index contributed by atoms with van der Waals surface area (Å²) < 4.78 is 105. The van der Waals surface area contributed by atoms with Crippen LogP contribution >= 0.6 is 11.6 Å². The molecule has 0 bridgehead atoms. The number of phenolic OH excluding ortho intramolecular Hbond substituents is 2. The topological polar surface area (TPSA) is 342 Å². The van der Waals surface area contributed by atoms with Gasteiger partial charge in [-0.2, -0.15) is 40.6 Å². The fourth-order valence-electron chi connectivity index (χ4n) is 5.23.